The van der Waals surface area contributed by atoms with Gasteiger partial charge in [-0.2, -0.15) is 8.96 Å². The highest BCUT2D eigenvalue weighted by atomic mass is 32.2. The Morgan fingerprint density at radius 2 is 1.70 bits per heavy atom. The maximum atomic E-state index is 12.7. The lowest BCUT2D eigenvalue weighted by atomic mass is 10.3. The first-order valence-corrected chi connectivity index (χ1v) is 8.66. The summed E-state index contributed by atoms with van der Waals surface area (Å²) in [5.41, 5.74) is 4.70. The van der Waals surface area contributed by atoms with Crippen LogP contribution >= 0.6 is 0 Å². The molecule has 1 atom stereocenters. The zero-order chi connectivity index (χ0) is 16.3. The van der Waals surface area contributed by atoms with Crippen LogP contribution in [0.1, 0.15) is 25.7 Å². The van der Waals surface area contributed by atoms with Crippen molar-refractivity contribution in [1.29, 1.82) is 0 Å². The van der Waals surface area contributed by atoms with Crippen molar-refractivity contribution in [3.63, 3.8) is 0 Å². The first-order chi connectivity index (χ1) is 11.0. The fourth-order valence-electron chi connectivity index (χ4n) is 2.83. The van der Waals surface area contributed by atoms with Gasteiger partial charge in [0.25, 0.3) is 16.8 Å². The van der Waals surface area contributed by atoms with Crippen molar-refractivity contribution >= 4 is 28.4 Å². The number of fused-ring (bicyclic) bond motifs is 1. The summed E-state index contributed by atoms with van der Waals surface area (Å²) in [6.07, 6.45) is 4.02. The second-order valence-electron chi connectivity index (χ2n) is 6.36. The molecule has 0 amide bonds. The van der Waals surface area contributed by atoms with Crippen LogP contribution in [0.25, 0.3) is 11.2 Å². The molecule has 0 spiro atoms. The third-order valence-electron chi connectivity index (χ3n) is 4.44. The van der Waals surface area contributed by atoms with E-state index in [9.17, 15) is 18.4 Å². The Hall–Kier alpha value is -1.94. The summed E-state index contributed by atoms with van der Waals surface area (Å²) < 4.78 is 24.3. The van der Waals surface area contributed by atoms with Gasteiger partial charge in [0.1, 0.15) is 0 Å². The number of hydrogen-bond acceptors (Lipinski definition) is 5. The molecule has 2 aliphatic rings. The Labute approximate surface area is 133 Å². The molecule has 2 aromatic rings. The summed E-state index contributed by atoms with van der Waals surface area (Å²) in [5, 5.41) is 0. The highest BCUT2D eigenvalue weighted by molar-refractivity contribution is 7.77. The monoisotopic (exact) mass is 339 g/mol. The van der Waals surface area contributed by atoms with Gasteiger partial charge in [0.2, 0.25) is 5.95 Å². The molecular formula is C13H17N5O4S. The molecule has 0 aromatic carbocycles. The molecule has 0 bridgehead atoms. The van der Waals surface area contributed by atoms with Crippen LogP contribution in [0, 0.1) is 11.8 Å². The minimum absolute atomic E-state index is 0.0794. The number of nitrogens with two attached hydrogens (primary N) is 1. The van der Waals surface area contributed by atoms with E-state index in [2.05, 4.69) is 4.98 Å². The standard InChI is InChI=1S/C13H17N5O4S/c14-12-15-10-9(18(12)23(21)22)11(19)17(6-8-3-4-8)13(20)16(10)5-7-1-2-7/h7-8H,1-6H2,(H2,14,15)(H,21,22). The summed E-state index contributed by atoms with van der Waals surface area (Å²) in [6.45, 7) is 0.788. The number of imidazole rings is 1. The molecule has 2 heterocycles. The fraction of sp³-hybridized carbons (Fsp3) is 0.615. The van der Waals surface area contributed by atoms with Crippen LogP contribution in [-0.2, 0) is 24.4 Å². The molecule has 0 radical (unpaired) electrons. The van der Waals surface area contributed by atoms with E-state index >= 15 is 0 Å². The Bertz CT molecular complexity index is 934. The van der Waals surface area contributed by atoms with E-state index in [0.29, 0.717) is 24.9 Å². The fourth-order valence-corrected chi connectivity index (χ4v) is 3.35. The van der Waals surface area contributed by atoms with Gasteiger partial charge in [0.15, 0.2) is 11.2 Å². The number of nitrogens with zero attached hydrogens (tertiary/aromatic N) is 4. The molecule has 0 saturated heterocycles. The second-order valence-corrected chi connectivity index (χ2v) is 7.19. The maximum Gasteiger partial charge on any atom is 0.332 e. The van der Waals surface area contributed by atoms with Crippen molar-refractivity contribution in [3.8, 4) is 0 Å². The molecule has 4 rings (SSSR count). The van der Waals surface area contributed by atoms with Crippen LogP contribution in [0.5, 0.6) is 0 Å². The maximum absolute atomic E-state index is 12.7. The van der Waals surface area contributed by atoms with Gasteiger partial charge in [0, 0.05) is 13.1 Å². The summed E-state index contributed by atoms with van der Waals surface area (Å²) in [7, 11) is 0. The highest BCUT2D eigenvalue weighted by Gasteiger charge is 2.30. The smallest absolute Gasteiger partial charge is 0.332 e. The van der Waals surface area contributed by atoms with Crippen molar-refractivity contribution in [1.82, 2.24) is 18.1 Å². The van der Waals surface area contributed by atoms with E-state index in [0.717, 1.165) is 34.2 Å². The van der Waals surface area contributed by atoms with Gasteiger partial charge in [-0.1, -0.05) is 0 Å². The number of anilines is 1. The molecule has 0 aliphatic heterocycles. The Kier molecular flexibility index (Phi) is 3.20. The minimum atomic E-state index is -2.51. The normalized spacial score (nSPS) is 19.3. The second kappa shape index (κ2) is 5.03. The molecule has 2 saturated carbocycles. The third-order valence-corrected chi connectivity index (χ3v) is 5.12. The minimum Gasteiger partial charge on any atom is -0.368 e. The van der Waals surface area contributed by atoms with Gasteiger partial charge in [-0.3, -0.25) is 18.5 Å². The summed E-state index contributed by atoms with van der Waals surface area (Å²) >= 11 is -2.51. The van der Waals surface area contributed by atoms with Crippen molar-refractivity contribution < 1.29 is 8.76 Å². The zero-order valence-electron chi connectivity index (χ0n) is 12.3. The van der Waals surface area contributed by atoms with E-state index in [1.54, 1.807) is 0 Å². The molecule has 2 aromatic heterocycles. The first-order valence-electron chi connectivity index (χ1n) is 7.60. The van der Waals surface area contributed by atoms with Gasteiger partial charge in [0.05, 0.1) is 0 Å². The van der Waals surface area contributed by atoms with Gasteiger partial charge in [-0.15, -0.1) is 0 Å². The van der Waals surface area contributed by atoms with Crippen LogP contribution in [0.4, 0.5) is 5.95 Å². The van der Waals surface area contributed by atoms with Crippen LogP contribution in [-0.4, -0.2) is 26.9 Å². The van der Waals surface area contributed by atoms with Gasteiger partial charge >= 0.3 is 5.69 Å². The third kappa shape index (κ3) is 2.41. The summed E-state index contributed by atoms with van der Waals surface area (Å²) in [6, 6.07) is 0. The predicted octanol–water partition coefficient (Wildman–Crippen LogP) is -0.253. The van der Waals surface area contributed by atoms with E-state index in [1.807, 2.05) is 0 Å². The number of nitrogen functional groups attached to an aromatic ring is 1. The molecule has 3 N–H and O–H groups in total. The number of rotatable bonds is 5. The van der Waals surface area contributed by atoms with E-state index in [1.165, 1.54) is 4.57 Å². The van der Waals surface area contributed by atoms with E-state index < -0.39 is 22.5 Å². The van der Waals surface area contributed by atoms with Crippen LogP contribution in [0.3, 0.4) is 0 Å². The molecule has 124 valence electrons. The molecular weight excluding hydrogens is 322 g/mol. The molecule has 1 unspecified atom stereocenters. The van der Waals surface area contributed by atoms with Gasteiger partial charge in [-0.25, -0.2) is 9.00 Å². The summed E-state index contributed by atoms with van der Waals surface area (Å²) in [4.78, 5) is 29.4. The first kappa shape index (κ1) is 14.6. The molecule has 9 nitrogen and oxygen atoms in total. The molecule has 2 fully saturated rings. The number of hydrogen-bond donors (Lipinski definition) is 2. The lowest BCUT2D eigenvalue weighted by molar-refractivity contribution is 0.519. The molecule has 23 heavy (non-hydrogen) atoms. The Morgan fingerprint density at radius 1 is 1.13 bits per heavy atom. The Morgan fingerprint density at radius 3 is 2.22 bits per heavy atom. The van der Waals surface area contributed by atoms with Gasteiger partial charge in [-0.05, 0) is 37.5 Å². The lowest BCUT2D eigenvalue weighted by Crippen LogP contribution is -2.41. The average molecular weight is 339 g/mol. The molecule has 2 aliphatic carbocycles. The van der Waals surface area contributed by atoms with Gasteiger partial charge < -0.3 is 5.73 Å². The predicted molar refractivity (Wildman–Crippen MR) is 84.3 cm³/mol. The van der Waals surface area contributed by atoms with Crippen LogP contribution in [0.15, 0.2) is 9.59 Å². The zero-order valence-corrected chi connectivity index (χ0v) is 13.2. The Balaban J connectivity index is 2.04. The lowest BCUT2D eigenvalue weighted by Gasteiger charge is -2.11. The van der Waals surface area contributed by atoms with Crippen LogP contribution < -0.4 is 17.0 Å². The van der Waals surface area contributed by atoms with Crippen molar-refractivity contribution in [2.75, 3.05) is 5.73 Å². The number of aromatic nitrogens is 4. The van der Waals surface area contributed by atoms with E-state index in [-0.39, 0.29) is 17.1 Å². The SMILES string of the molecule is Nc1nc2c(c(=O)n(CC3CC3)c(=O)n2CC2CC2)n1S(=O)O. The van der Waals surface area contributed by atoms with Crippen molar-refractivity contribution in [2.24, 2.45) is 11.8 Å². The topological polar surface area (TPSA) is 125 Å². The average Bonchev–Trinajstić information content (AvgIpc) is 3.39. The quantitative estimate of drug-likeness (QED) is 0.723. The highest BCUT2D eigenvalue weighted by Crippen LogP contribution is 2.32. The molecule has 10 heteroatoms. The van der Waals surface area contributed by atoms with Crippen molar-refractivity contribution in [3.05, 3.63) is 20.8 Å². The summed E-state index contributed by atoms with van der Waals surface area (Å²) in [5.74, 6) is 0.459. The largest absolute Gasteiger partial charge is 0.368 e. The van der Waals surface area contributed by atoms with Crippen molar-refractivity contribution in [2.45, 2.75) is 38.8 Å². The van der Waals surface area contributed by atoms with E-state index in [4.69, 9.17) is 5.73 Å². The van der Waals surface area contributed by atoms with Crippen LogP contribution in [0.2, 0.25) is 0 Å².